The van der Waals surface area contributed by atoms with Crippen LogP contribution in [-0.2, 0) is 9.53 Å². The number of carbonyl (C=O) groups is 1. The summed E-state index contributed by atoms with van der Waals surface area (Å²) in [6.07, 6.45) is 6.52. The van der Waals surface area contributed by atoms with Crippen LogP contribution in [0.25, 0.3) is 0 Å². The normalized spacial score (nSPS) is 54.5. The summed E-state index contributed by atoms with van der Waals surface area (Å²) in [5, 5.41) is 12.3. The predicted octanol–water partition coefficient (Wildman–Crippen LogP) is 2.90. The maximum atomic E-state index is 12.3. The van der Waals surface area contributed by atoms with Crippen LogP contribution in [0.2, 0.25) is 0 Å². The average Bonchev–Trinajstić information content (AvgIpc) is 2.56. The lowest BCUT2D eigenvalue weighted by molar-refractivity contribution is -0.616. The van der Waals surface area contributed by atoms with Crippen LogP contribution < -0.4 is 0 Å². The molecule has 23 heavy (non-hydrogen) atoms. The molecule has 0 aromatic rings. The van der Waals surface area contributed by atoms with Gasteiger partial charge in [-0.25, -0.2) is 0 Å². The zero-order valence-corrected chi connectivity index (χ0v) is 13.6. The van der Waals surface area contributed by atoms with Gasteiger partial charge < -0.3 is 4.74 Å². The van der Waals surface area contributed by atoms with Gasteiger partial charge >= 0.3 is 5.97 Å². The highest BCUT2D eigenvalue weighted by molar-refractivity contribution is 5.69. The quantitative estimate of drug-likeness (QED) is 0.454. The molecular formula is C18H25NO4. The molecule has 0 radical (unpaired) electrons. The van der Waals surface area contributed by atoms with E-state index < -0.39 is 5.54 Å². The van der Waals surface area contributed by atoms with E-state index in [9.17, 15) is 14.9 Å². The maximum absolute atomic E-state index is 12.3. The molecule has 7 saturated carbocycles. The van der Waals surface area contributed by atoms with Crippen molar-refractivity contribution in [3.63, 3.8) is 0 Å². The van der Waals surface area contributed by atoms with Crippen molar-refractivity contribution in [2.24, 2.45) is 47.3 Å². The van der Waals surface area contributed by atoms with E-state index in [0.29, 0.717) is 18.3 Å². The van der Waals surface area contributed by atoms with E-state index in [4.69, 9.17) is 4.74 Å². The van der Waals surface area contributed by atoms with Crippen molar-refractivity contribution in [1.29, 1.82) is 0 Å². The summed E-state index contributed by atoms with van der Waals surface area (Å²) in [6.45, 7) is 0. The maximum Gasteiger partial charge on any atom is 0.305 e. The van der Waals surface area contributed by atoms with E-state index in [-0.39, 0.29) is 29.1 Å². The van der Waals surface area contributed by atoms with Crippen LogP contribution in [0, 0.1) is 57.5 Å². The molecular weight excluding hydrogens is 294 g/mol. The van der Waals surface area contributed by atoms with Gasteiger partial charge in [0, 0.05) is 23.2 Å². The molecule has 5 heteroatoms. The molecule has 0 amide bonds. The Hall–Kier alpha value is -1.13. The van der Waals surface area contributed by atoms with Crippen LogP contribution >= 0.6 is 0 Å². The van der Waals surface area contributed by atoms with Gasteiger partial charge in [0.2, 0.25) is 5.54 Å². The number of hydrogen-bond donors (Lipinski definition) is 0. The second-order valence-corrected chi connectivity index (χ2v) is 8.91. The monoisotopic (exact) mass is 319 g/mol. The van der Waals surface area contributed by atoms with Crippen molar-refractivity contribution in [2.75, 3.05) is 7.11 Å². The molecule has 0 N–H and O–H groups in total. The van der Waals surface area contributed by atoms with E-state index >= 15 is 0 Å². The molecule has 0 aliphatic heterocycles. The number of hydrogen-bond acceptors (Lipinski definition) is 4. The van der Waals surface area contributed by atoms with Crippen molar-refractivity contribution in [3.05, 3.63) is 10.1 Å². The number of carbonyl (C=O) groups excluding carboxylic acids is 1. The average molecular weight is 319 g/mol. The van der Waals surface area contributed by atoms with Gasteiger partial charge in [-0.1, -0.05) is 0 Å². The Morgan fingerprint density at radius 1 is 1.09 bits per heavy atom. The zero-order valence-electron chi connectivity index (χ0n) is 13.6. The predicted molar refractivity (Wildman–Crippen MR) is 82.0 cm³/mol. The Bertz CT molecular complexity index is 553. The van der Waals surface area contributed by atoms with Crippen LogP contribution in [-0.4, -0.2) is 23.5 Å². The molecule has 7 aliphatic carbocycles. The number of rotatable bonds is 4. The molecule has 0 spiro atoms. The van der Waals surface area contributed by atoms with Gasteiger partial charge in [0.15, 0.2) is 0 Å². The molecule has 0 aromatic carbocycles. The first-order valence-electron chi connectivity index (χ1n) is 9.27. The molecule has 7 rings (SSSR count). The van der Waals surface area contributed by atoms with Crippen LogP contribution in [0.3, 0.4) is 0 Å². The largest absolute Gasteiger partial charge is 0.469 e. The summed E-state index contributed by atoms with van der Waals surface area (Å²) in [5.74, 6) is 4.46. The van der Waals surface area contributed by atoms with Gasteiger partial charge in [0.25, 0.3) is 0 Å². The second kappa shape index (κ2) is 4.48. The number of nitrogens with zero attached hydrogens (tertiary/aromatic N) is 1. The fourth-order valence-electron chi connectivity index (χ4n) is 8.25. The summed E-state index contributed by atoms with van der Waals surface area (Å²) in [5.41, 5.74) is -0.843. The zero-order chi connectivity index (χ0) is 15.9. The van der Waals surface area contributed by atoms with E-state index in [1.54, 1.807) is 0 Å². The van der Waals surface area contributed by atoms with Gasteiger partial charge in [0.05, 0.1) is 13.5 Å². The van der Waals surface area contributed by atoms with Crippen LogP contribution in [0.15, 0.2) is 0 Å². The Balaban J connectivity index is 1.55. The summed E-state index contributed by atoms with van der Waals surface area (Å²) < 4.78 is 4.77. The second-order valence-electron chi connectivity index (χ2n) is 8.91. The number of nitro groups is 1. The molecule has 126 valence electrons. The highest BCUT2D eigenvalue weighted by atomic mass is 16.6. The highest BCUT2D eigenvalue weighted by Crippen LogP contribution is 2.74. The van der Waals surface area contributed by atoms with E-state index in [1.165, 1.54) is 26.4 Å². The SMILES string of the molecule is COC(=O)CCC1([N+](=O)[O-])C2CC3C4CC5CC3C1C(C5)C4C2. The Kier molecular flexibility index (Phi) is 2.77. The van der Waals surface area contributed by atoms with Crippen molar-refractivity contribution in [1.82, 2.24) is 0 Å². The highest BCUT2D eigenvalue weighted by Gasteiger charge is 2.75. The molecule has 7 aliphatic rings. The summed E-state index contributed by atoms with van der Waals surface area (Å²) >= 11 is 0. The van der Waals surface area contributed by atoms with Crippen LogP contribution in [0.5, 0.6) is 0 Å². The van der Waals surface area contributed by atoms with Gasteiger partial charge in [0.1, 0.15) is 0 Å². The van der Waals surface area contributed by atoms with Gasteiger partial charge in [-0.2, -0.15) is 0 Å². The van der Waals surface area contributed by atoms with Crippen molar-refractivity contribution in [2.45, 2.75) is 50.5 Å². The third-order valence-corrected chi connectivity index (χ3v) is 8.63. The smallest absolute Gasteiger partial charge is 0.305 e. The fraction of sp³-hybridized carbons (Fsp3) is 0.944. The lowest BCUT2D eigenvalue weighted by Crippen LogP contribution is -2.73. The van der Waals surface area contributed by atoms with E-state index in [2.05, 4.69) is 0 Å². The van der Waals surface area contributed by atoms with Gasteiger partial charge in [-0.3, -0.25) is 14.9 Å². The Morgan fingerprint density at radius 2 is 1.65 bits per heavy atom. The molecule has 5 atom stereocenters. The molecule has 8 bridgehead atoms. The first-order chi connectivity index (χ1) is 11.1. The molecule has 7 fully saturated rings. The lowest BCUT2D eigenvalue weighted by atomic mass is 9.31. The number of methoxy groups -OCH3 is 1. The van der Waals surface area contributed by atoms with Crippen molar-refractivity contribution >= 4 is 5.97 Å². The molecule has 5 unspecified atom stereocenters. The number of esters is 1. The van der Waals surface area contributed by atoms with Crippen molar-refractivity contribution in [3.8, 4) is 0 Å². The minimum atomic E-state index is -0.843. The first kappa shape index (κ1) is 14.2. The Morgan fingerprint density at radius 3 is 2.22 bits per heavy atom. The van der Waals surface area contributed by atoms with Gasteiger partial charge in [-0.05, 0) is 67.6 Å². The van der Waals surface area contributed by atoms with E-state index in [1.807, 2.05) is 0 Å². The molecule has 0 saturated heterocycles. The standard InChI is InChI=1S/C18H25NO4/c1-23-16(20)2-3-18(19(21)22)10-7-12-11-4-9-5-14(12)17(18)15(6-9)13(11)8-10/h9-15,17H,2-8H2,1H3. The Labute approximate surface area is 136 Å². The third-order valence-electron chi connectivity index (χ3n) is 8.63. The summed E-state index contributed by atoms with van der Waals surface area (Å²) in [4.78, 5) is 24.0. The fourth-order valence-corrected chi connectivity index (χ4v) is 8.25. The minimum absolute atomic E-state index is 0.0416. The first-order valence-corrected chi connectivity index (χ1v) is 9.27. The lowest BCUT2D eigenvalue weighted by Gasteiger charge is -2.72. The third kappa shape index (κ3) is 1.57. The topological polar surface area (TPSA) is 69.4 Å². The van der Waals surface area contributed by atoms with Crippen molar-refractivity contribution < 1.29 is 14.5 Å². The minimum Gasteiger partial charge on any atom is -0.469 e. The molecule has 5 nitrogen and oxygen atoms in total. The number of ether oxygens (including phenoxy) is 1. The molecule has 0 aromatic heterocycles. The van der Waals surface area contributed by atoms with Crippen LogP contribution in [0.4, 0.5) is 0 Å². The van der Waals surface area contributed by atoms with E-state index in [0.717, 1.165) is 36.5 Å². The van der Waals surface area contributed by atoms with Gasteiger partial charge in [-0.15, -0.1) is 0 Å². The summed E-state index contributed by atoms with van der Waals surface area (Å²) in [6, 6.07) is 0. The van der Waals surface area contributed by atoms with Crippen LogP contribution in [0.1, 0.15) is 44.9 Å². The summed E-state index contributed by atoms with van der Waals surface area (Å²) in [7, 11) is 1.38. The molecule has 0 heterocycles.